The maximum atomic E-state index is 4.76. The van der Waals surface area contributed by atoms with Crippen molar-refractivity contribution in [1.29, 1.82) is 0 Å². The fourth-order valence-electron chi connectivity index (χ4n) is 4.07. The average Bonchev–Trinajstić information content (AvgIpc) is 3.07. The van der Waals surface area contributed by atoms with Gasteiger partial charge in [-0.15, -0.1) is 0 Å². The lowest BCUT2D eigenvalue weighted by atomic mass is 9.95. The molecule has 1 aliphatic heterocycles. The second-order valence-corrected chi connectivity index (χ2v) is 7.60. The van der Waals surface area contributed by atoms with Crippen molar-refractivity contribution in [2.75, 3.05) is 18.4 Å². The molecule has 0 fully saturated rings. The topological polar surface area (TPSA) is 58.9 Å². The predicted octanol–water partition coefficient (Wildman–Crippen LogP) is 3.09. The summed E-state index contributed by atoms with van der Waals surface area (Å²) in [5.74, 6) is 0.749. The SMILES string of the molecule is CCCCN1CCn2nc(CNc3nc(C)c4c(n3)CCCC4)cc2C1. The van der Waals surface area contributed by atoms with Gasteiger partial charge in [0.1, 0.15) is 0 Å². The highest BCUT2D eigenvalue weighted by Gasteiger charge is 2.19. The molecule has 0 atom stereocenters. The van der Waals surface area contributed by atoms with Crippen molar-refractivity contribution < 1.29 is 0 Å². The van der Waals surface area contributed by atoms with E-state index in [1.807, 2.05) is 0 Å². The monoisotopic (exact) mass is 354 g/mol. The number of hydrogen-bond acceptors (Lipinski definition) is 5. The summed E-state index contributed by atoms with van der Waals surface area (Å²) in [6.07, 6.45) is 7.25. The molecule has 6 heteroatoms. The van der Waals surface area contributed by atoms with E-state index >= 15 is 0 Å². The Hall–Kier alpha value is -1.95. The van der Waals surface area contributed by atoms with E-state index in [9.17, 15) is 0 Å². The van der Waals surface area contributed by atoms with Gasteiger partial charge in [0.05, 0.1) is 24.5 Å². The smallest absolute Gasteiger partial charge is 0.223 e. The van der Waals surface area contributed by atoms with Crippen LogP contribution in [0.15, 0.2) is 6.07 Å². The van der Waals surface area contributed by atoms with Gasteiger partial charge in [0.25, 0.3) is 0 Å². The number of fused-ring (bicyclic) bond motifs is 2. The molecule has 6 nitrogen and oxygen atoms in total. The fourth-order valence-corrected chi connectivity index (χ4v) is 4.07. The number of rotatable bonds is 6. The van der Waals surface area contributed by atoms with Crippen molar-refractivity contribution in [1.82, 2.24) is 24.6 Å². The Bertz CT molecular complexity index is 766. The molecule has 2 aliphatic rings. The summed E-state index contributed by atoms with van der Waals surface area (Å²) >= 11 is 0. The quantitative estimate of drug-likeness (QED) is 0.864. The lowest BCUT2D eigenvalue weighted by Crippen LogP contribution is -2.34. The number of nitrogens with zero attached hydrogens (tertiary/aromatic N) is 5. The lowest BCUT2D eigenvalue weighted by Gasteiger charge is -2.27. The van der Waals surface area contributed by atoms with Crippen molar-refractivity contribution in [3.8, 4) is 0 Å². The number of anilines is 1. The third-order valence-corrected chi connectivity index (χ3v) is 5.57. The normalized spacial score (nSPS) is 17.0. The van der Waals surface area contributed by atoms with Crippen molar-refractivity contribution in [2.24, 2.45) is 0 Å². The Morgan fingerprint density at radius 1 is 1.15 bits per heavy atom. The number of aromatic nitrogens is 4. The van der Waals surface area contributed by atoms with Gasteiger partial charge in [0, 0.05) is 24.5 Å². The van der Waals surface area contributed by atoms with E-state index in [1.165, 1.54) is 49.2 Å². The van der Waals surface area contributed by atoms with E-state index < -0.39 is 0 Å². The van der Waals surface area contributed by atoms with E-state index in [0.717, 1.165) is 49.8 Å². The van der Waals surface area contributed by atoms with Crippen LogP contribution in [0.25, 0.3) is 0 Å². The first-order chi connectivity index (χ1) is 12.7. The molecule has 140 valence electrons. The van der Waals surface area contributed by atoms with Gasteiger partial charge in [-0.3, -0.25) is 9.58 Å². The van der Waals surface area contributed by atoms with Crippen LogP contribution in [0.5, 0.6) is 0 Å². The van der Waals surface area contributed by atoms with Crippen LogP contribution in [-0.4, -0.2) is 37.7 Å². The molecule has 3 heterocycles. The summed E-state index contributed by atoms with van der Waals surface area (Å²) < 4.78 is 2.17. The molecule has 0 aromatic carbocycles. The second kappa shape index (κ2) is 7.74. The minimum Gasteiger partial charge on any atom is -0.348 e. The van der Waals surface area contributed by atoms with Gasteiger partial charge in [-0.2, -0.15) is 5.10 Å². The number of unbranched alkanes of at least 4 members (excludes halogenated alkanes) is 1. The molecule has 0 bridgehead atoms. The number of nitrogens with one attached hydrogen (secondary N) is 1. The highest BCUT2D eigenvalue weighted by atomic mass is 15.3. The first-order valence-corrected chi connectivity index (χ1v) is 10.1. The van der Waals surface area contributed by atoms with Gasteiger partial charge >= 0.3 is 0 Å². The van der Waals surface area contributed by atoms with Gasteiger partial charge in [-0.05, 0) is 57.2 Å². The molecule has 1 aliphatic carbocycles. The molecule has 2 aromatic rings. The van der Waals surface area contributed by atoms with Crippen LogP contribution in [0.4, 0.5) is 5.95 Å². The minimum atomic E-state index is 0.688. The van der Waals surface area contributed by atoms with E-state index in [0.29, 0.717) is 6.54 Å². The fraction of sp³-hybridized carbons (Fsp3) is 0.650. The maximum Gasteiger partial charge on any atom is 0.223 e. The summed E-state index contributed by atoms with van der Waals surface area (Å²) in [4.78, 5) is 12.0. The van der Waals surface area contributed by atoms with Gasteiger partial charge in [0.15, 0.2) is 0 Å². The van der Waals surface area contributed by atoms with E-state index in [1.54, 1.807) is 0 Å². The third-order valence-electron chi connectivity index (χ3n) is 5.57. The van der Waals surface area contributed by atoms with Crippen molar-refractivity contribution in [3.05, 3.63) is 34.4 Å². The number of hydrogen-bond donors (Lipinski definition) is 1. The maximum absolute atomic E-state index is 4.76. The standard InChI is InChI=1S/C20H30N6/c1-3-4-9-25-10-11-26-17(14-25)12-16(24-26)13-21-20-22-15(2)18-7-5-6-8-19(18)23-20/h12H,3-11,13-14H2,1-2H3,(H,21,22,23). The zero-order valence-electron chi connectivity index (χ0n) is 16.1. The zero-order chi connectivity index (χ0) is 17.9. The summed E-state index contributed by atoms with van der Waals surface area (Å²) in [5.41, 5.74) is 6.14. The summed E-state index contributed by atoms with van der Waals surface area (Å²) in [6.45, 7) is 9.36. The van der Waals surface area contributed by atoms with Crippen LogP contribution in [0.1, 0.15) is 60.9 Å². The molecular weight excluding hydrogens is 324 g/mol. The molecule has 0 unspecified atom stereocenters. The van der Waals surface area contributed by atoms with Crippen LogP contribution >= 0.6 is 0 Å². The molecule has 0 saturated heterocycles. The molecule has 0 amide bonds. The van der Waals surface area contributed by atoms with Crippen LogP contribution < -0.4 is 5.32 Å². The van der Waals surface area contributed by atoms with Gasteiger partial charge in [0.2, 0.25) is 5.95 Å². The largest absolute Gasteiger partial charge is 0.348 e. The summed E-state index contributed by atoms with van der Waals surface area (Å²) in [5, 5.41) is 8.16. The van der Waals surface area contributed by atoms with Crippen LogP contribution in [0.3, 0.4) is 0 Å². The highest BCUT2D eigenvalue weighted by molar-refractivity contribution is 5.36. The highest BCUT2D eigenvalue weighted by Crippen LogP contribution is 2.23. The van der Waals surface area contributed by atoms with Crippen molar-refractivity contribution >= 4 is 5.95 Å². The second-order valence-electron chi connectivity index (χ2n) is 7.60. The van der Waals surface area contributed by atoms with Gasteiger partial charge < -0.3 is 5.32 Å². The Balaban J connectivity index is 1.40. The molecule has 4 rings (SSSR count). The molecule has 1 N–H and O–H groups in total. The summed E-state index contributed by atoms with van der Waals surface area (Å²) in [6, 6.07) is 2.23. The molecule has 0 spiro atoms. The Kier molecular flexibility index (Phi) is 5.20. The average molecular weight is 355 g/mol. The van der Waals surface area contributed by atoms with E-state index in [4.69, 9.17) is 10.1 Å². The van der Waals surface area contributed by atoms with Crippen LogP contribution in [0.2, 0.25) is 0 Å². The Morgan fingerprint density at radius 2 is 2.04 bits per heavy atom. The first-order valence-electron chi connectivity index (χ1n) is 10.1. The molecule has 0 radical (unpaired) electrons. The first kappa shape index (κ1) is 17.5. The lowest BCUT2D eigenvalue weighted by molar-refractivity contribution is 0.210. The molecule has 26 heavy (non-hydrogen) atoms. The van der Waals surface area contributed by atoms with Crippen LogP contribution in [-0.2, 0) is 32.5 Å². The number of aryl methyl sites for hydroxylation is 2. The zero-order valence-corrected chi connectivity index (χ0v) is 16.1. The summed E-state index contributed by atoms with van der Waals surface area (Å²) in [7, 11) is 0. The van der Waals surface area contributed by atoms with Crippen LogP contribution in [0, 0.1) is 6.92 Å². The minimum absolute atomic E-state index is 0.688. The molecular formula is C20H30N6. The van der Waals surface area contributed by atoms with Crippen molar-refractivity contribution in [3.63, 3.8) is 0 Å². The molecule has 0 saturated carbocycles. The third kappa shape index (κ3) is 3.75. The Labute approximate surface area is 156 Å². The van der Waals surface area contributed by atoms with Gasteiger partial charge in [-0.25, -0.2) is 9.97 Å². The van der Waals surface area contributed by atoms with Gasteiger partial charge in [-0.1, -0.05) is 13.3 Å². The predicted molar refractivity (Wildman–Crippen MR) is 103 cm³/mol. The molecule has 2 aromatic heterocycles. The Morgan fingerprint density at radius 3 is 2.92 bits per heavy atom. The van der Waals surface area contributed by atoms with Crippen molar-refractivity contribution in [2.45, 2.75) is 72.0 Å². The van der Waals surface area contributed by atoms with E-state index in [-0.39, 0.29) is 0 Å². The van der Waals surface area contributed by atoms with E-state index in [2.05, 4.69) is 39.8 Å².